The first-order valence-corrected chi connectivity index (χ1v) is 3.93. The van der Waals surface area contributed by atoms with Crippen molar-refractivity contribution in [2.24, 2.45) is 0 Å². The molecule has 0 aromatic heterocycles. The first-order valence-electron chi connectivity index (χ1n) is 2.79. The summed E-state index contributed by atoms with van der Waals surface area (Å²) in [5.41, 5.74) is -0.0926. The van der Waals surface area contributed by atoms with Crippen molar-refractivity contribution in [2.45, 2.75) is 17.1 Å². The van der Waals surface area contributed by atoms with E-state index in [1.807, 2.05) is 0 Å². The summed E-state index contributed by atoms with van der Waals surface area (Å²) in [6.45, 7) is 1.62. The Morgan fingerprint density at radius 3 is 2.18 bits per heavy atom. The largest absolute Gasteiger partial charge is 0.259 e. The number of rotatable bonds is 2. The third kappa shape index (κ3) is 5.30. The number of halogens is 3. The fraction of sp³-hybridized carbons (Fsp3) is 0.600. The lowest BCUT2D eigenvalue weighted by Gasteiger charge is -2.02. The Morgan fingerprint density at radius 1 is 1.64 bits per heavy atom. The summed E-state index contributed by atoms with van der Waals surface area (Å²) in [5, 5.41) is 10.2. The second kappa shape index (κ2) is 4.14. The fourth-order valence-electron chi connectivity index (χ4n) is 0.473. The Labute approximate surface area is 79.1 Å². The minimum Gasteiger partial charge on any atom is -0.259 e. The van der Waals surface area contributed by atoms with E-state index in [0.717, 1.165) is 6.08 Å². The third-order valence-corrected chi connectivity index (χ3v) is 1.25. The van der Waals surface area contributed by atoms with E-state index in [0.29, 0.717) is 0 Å². The van der Waals surface area contributed by atoms with Crippen LogP contribution in [0, 0.1) is 10.1 Å². The average Bonchev–Trinajstić information content (AvgIpc) is 1.80. The quantitative estimate of drug-likeness (QED) is 0.406. The van der Waals surface area contributed by atoms with Gasteiger partial charge in [0.2, 0.25) is 9.49 Å². The number of hydrogen-bond acceptors (Lipinski definition) is 2. The van der Waals surface area contributed by atoms with Crippen molar-refractivity contribution in [2.75, 3.05) is 0 Å². The van der Waals surface area contributed by atoms with E-state index in [4.69, 9.17) is 34.8 Å². The van der Waals surface area contributed by atoms with Gasteiger partial charge in [-0.3, -0.25) is 10.1 Å². The highest BCUT2D eigenvalue weighted by molar-refractivity contribution is 6.68. The zero-order chi connectivity index (χ0) is 9.07. The lowest BCUT2D eigenvalue weighted by atomic mass is 10.3. The topological polar surface area (TPSA) is 43.1 Å². The zero-order valence-electron chi connectivity index (χ0n) is 5.68. The maximum atomic E-state index is 10.2. The monoisotopic (exact) mass is 217 g/mol. The van der Waals surface area contributed by atoms with Gasteiger partial charge in [-0.15, -0.1) is 0 Å². The molecule has 0 saturated heterocycles. The van der Waals surface area contributed by atoms with Crippen LogP contribution in [-0.4, -0.2) is 8.72 Å². The van der Waals surface area contributed by atoms with Crippen molar-refractivity contribution < 1.29 is 4.92 Å². The molecule has 0 radical (unpaired) electrons. The van der Waals surface area contributed by atoms with E-state index in [9.17, 15) is 10.1 Å². The maximum absolute atomic E-state index is 10.2. The second-order valence-electron chi connectivity index (χ2n) is 1.79. The molecule has 0 spiro atoms. The van der Waals surface area contributed by atoms with Crippen molar-refractivity contribution in [3.05, 3.63) is 21.9 Å². The summed E-state index contributed by atoms with van der Waals surface area (Å²) in [6, 6.07) is 0. The number of allylic oxidation sites excluding steroid dienone is 2. The Morgan fingerprint density at radius 2 is 2.09 bits per heavy atom. The molecule has 64 valence electrons. The highest BCUT2D eigenvalue weighted by Gasteiger charge is 2.21. The van der Waals surface area contributed by atoms with Crippen LogP contribution in [0.15, 0.2) is 11.8 Å². The molecule has 0 N–H and O–H groups in total. The van der Waals surface area contributed by atoms with E-state index in [-0.39, 0.29) is 12.1 Å². The summed E-state index contributed by atoms with van der Waals surface area (Å²) in [5.74, 6) is 0. The van der Waals surface area contributed by atoms with Crippen molar-refractivity contribution in [1.82, 2.24) is 0 Å². The third-order valence-electron chi connectivity index (χ3n) is 0.927. The lowest BCUT2D eigenvalue weighted by Crippen LogP contribution is -2.04. The predicted molar refractivity (Wildman–Crippen MR) is 45.7 cm³/mol. The van der Waals surface area contributed by atoms with Gasteiger partial charge in [0.1, 0.15) is 0 Å². The van der Waals surface area contributed by atoms with Gasteiger partial charge in [0.25, 0.3) is 0 Å². The molecule has 0 aromatic carbocycles. The predicted octanol–water partition coefficient (Wildman–Crippen LogP) is 2.93. The van der Waals surface area contributed by atoms with E-state index in [2.05, 4.69) is 0 Å². The first kappa shape index (κ1) is 11.0. The molecule has 3 nitrogen and oxygen atoms in total. The minimum atomic E-state index is -1.68. The van der Waals surface area contributed by atoms with Gasteiger partial charge in [0.15, 0.2) is 0 Å². The van der Waals surface area contributed by atoms with Gasteiger partial charge in [-0.25, -0.2) is 0 Å². The van der Waals surface area contributed by atoms with Gasteiger partial charge in [0, 0.05) is 12.5 Å². The Balaban J connectivity index is 4.49. The van der Waals surface area contributed by atoms with Gasteiger partial charge in [-0.05, 0) is 0 Å². The van der Waals surface area contributed by atoms with Gasteiger partial charge in [-0.2, -0.15) is 0 Å². The van der Waals surface area contributed by atoms with Crippen molar-refractivity contribution in [3.63, 3.8) is 0 Å². The van der Waals surface area contributed by atoms with Crippen LogP contribution in [0.3, 0.4) is 0 Å². The molecule has 11 heavy (non-hydrogen) atoms. The summed E-state index contributed by atoms with van der Waals surface area (Å²) >= 11 is 15.9. The molecule has 0 atom stereocenters. The van der Waals surface area contributed by atoms with Crippen molar-refractivity contribution in [1.29, 1.82) is 0 Å². The van der Waals surface area contributed by atoms with Gasteiger partial charge in [-0.1, -0.05) is 41.7 Å². The SMILES string of the molecule is CC/C(=C\C(Cl)(Cl)Cl)[N+](=O)[O-]. The molecular formula is C5H6Cl3NO2. The van der Waals surface area contributed by atoms with Crippen LogP contribution in [0.2, 0.25) is 0 Å². The van der Waals surface area contributed by atoms with E-state index in [1.165, 1.54) is 0 Å². The first-order chi connectivity index (χ1) is 4.87. The molecule has 0 unspecified atom stereocenters. The van der Waals surface area contributed by atoms with E-state index >= 15 is 0 Å². The zero-order valence-corrected chi connectivity index (χ0v) is 7.95. The maximum Gasteiger partial charge on any atom is 0.246 e. The van der Waals surface area contributed by atoms with Crippen LogP contribution in [0.4, 0.5) is 0 Å². The molecule has 0 aromatic rings. The summed E-state index contributed by atoms with van der Waals surface area (Å²) in [4.78, 5) is 9.60. The van der Waals surface area contributed by atoms with Gasteiger partial charge < -0.3 is 0 Å². The average molecular weight is 218 g/mol. The number of nitro groups is 1. The highest BCUT2D eigenvalue weighted by Crippen LogP contribution is 2.29. The molecular weight excluding hydrogens is 212 g/mol. The van der Waals surface area contributed by atoms with E-state index < -0.39 is 8.72 Å². The Hall–Kier alpha value is 0.01000. The van der Waals surface area contributed by atoms with Crippen molar-refractivity contribution in [3.8, 4) is 0 Å². The minimum absolute atomic E-state index is 0.0926. The van der Waals surface area contributed by atoms with Crippen LogP contribution >= 0.6 is 34.8 Å². The van der Waals surface area contributed by atoms with Crippen LogP contribution in [0.25, 0.3) is 0 Å². The van der Waals surface area contributed by atoms with E-state index in [1.54, 1.807) is 6.92 Å². The summed E-state index contributed by atoms with van der Waals surface area (Å²) in [7, 11) is 0. The summed E-state index contributed by atoms with van der Waals surface area (Å²) < 4.78 is -1.68. The number of nitrogens with zero attached hydrogens (tertiary/aromatic N) is 1. The van der Waals surface area contributed by atoms with Crippen LogP contribution in [0.5, 0.6) is 0 Å². The smallest absolute Gasteiger partial charge is 0.246 e. The standard InChI is InChI=1S/C5H6Cl3NO2/c1-2-4(9(10)11)3-5(6,7)8/h3H,2H2,1H3/b4-3+. The Bertz CT molecular complexity index is 185. The molecule has 0 fully saturated rings. The number of alkyl halides is 3. The molecule has 0 aliphatic carbocycles. The second-order valence-corrected chi connectivity index (χ2v) is 4.16. The highest BCUT2D eigenvalue weighted by atomic mass is 35.6. The van der Waals surface area contributed by atoms with Gasteiger partial charge in [0.05, 0.1) is 4.92 Å². The molecule has 0 rings (SSSR count). The molecule has 0 bridgehead atoms. The lowest BCUT2D eigenvalue weighted by molar-refractivity contribution is -0.427. The fourth-order valence-corrected chi connectivity index (χ4v) is 0.851. The van der Waals surface area contributed by atoms with Gasteiger partial charge >= 0.3 is 0 Å². The Kier molecular flexibility index (Phi) is 4.14. The molecule has 6 heteroatoms. The molecule has 0 amide bonds. The van der Waals surface area contributed by atoms with Crippen LogP contribution < -0.4 is 0 Å². The molecule has 0 heterocycles. The summed E-state index contributed by atoms with van der Waals surface area (Å²) in [6.07, 6.45) is 1.23. The normalized spacial score (nSPS) is 13.3. The van der Waals surface area contributed by atoms with Crippen molar-refractivity contribution >= 4 is 34.8 Å². The molecule has 0 aliphatic rings. The molecule has 0 saturated carbocycles. The molecule has 0 aliphatic heterocycles. The van der Waals surface area contributed by atoms with Crippen LogP contribution in [-0.2, 0) is 0 Å². The number of hydrogen-bond donors (Lipinski definition) is 0. The van der Waals surface area contributed by atoms with Crippen LogP contribution in [0.1, 0.15) is 13.3 Å².